The Kier molecular flexibility index (Phi) is 4.86. The van der Waals surface area contributed by atoms with E-state index in [1.165, 1.54) is 29.5 Å². The molecule has 4 heterocycles. The molecule has 0 aliphatic carbocycles. The number of pyridine rings is 1. The quantitative estimate of drug-likeness (QED) is 0.493. The van der Waals surface area contributed by atoms with Crippen molar-refractivity contribution < 1.29 is 0 Å². The van der Waals surface area contributed by atoms with Crippen molar-refractivity contribution in [3.63, 3.8) is 0 Å². The average Bonchev–Trinajstić information content (AvgIpc) is 3.44. The predicted octanol–water partition coefficient (Wildman–Crippen LogP) is 5.27. The van der Waals surface area contributed by atoms with Gasteiger partial charge in [0.05, 0.1) is 5.39 Å². The number of hydrogen-bond donors (Lipinski definition) is 1. The van der Waals surface area contributed by atoms with Crippen molar-refractivity contribution in [1.29, 1.82) is 0 Å². The highest BCUT2D eigenvalue weighted by Gasteiger charge is 2.14. The van der Waals surface area contributed by atoms with E-state index in [-0.39, 0.29) is 0 Å². The van der Waals surface area contributed by atoms with Crippen LogP contribution in [0.5, 0.6) is 0 Å². The molecule has 0 amide bonds. The summed E-state index contributed by atoms with van der Waals surface area (Å²) in [6.07, 6.45) is 6.12. The van der Waals surface area contributed by atoms with E-state index in [9.17, 15) is 0 Å². The first-order chi connectivity index (χ1) is 14.3. The van der Waals surface area contributed by atoms with E-state index in [0.29, 0.717) is 6.54 Å². The summed E-state index contributed by atoms with van der Waals surface area (Å²) in [7, 11) is 0. The predicted molar refractivity (Wildman–Crippen MR) is 121 cm³/mol. The van der Waals surface area contributed by atoms with Crippen molar-refractivity contribution in [1.82, 2.24) is 15.0 Å². The van der Waals surface area contributed by atoms with E-state index in [2.05, 4.69) is 73.9 Å². The number of nitrogens with one attached hydrogen (secondary N) is 1. The van der Waals surface area contributed by atoms with E-state index in [1.54, 1.807) is 17.7 Å². The fraction of sp³-hybridized carbons (Fsp3) is 0.261. The second-order valence-electron chi connectivity index (χ2n) is 7.49. The van der Waals surface area contributed by atoms with E-state index in [4.69, 9.17) is 0 Å². The molecule has 5 rings (SSSR count). The molecule has 4 aromatic rings. The number of aryl methyl sites for hydroxylation is 1. The lowest BCUT2D eigenvalue weighted by molar-refractivity contribution is 0.932. The molecule has 29 heavy (non-hydrogen) atoms. The van der Waals surface area contributed by atoms with Crippen LogP contribution in [0.15, 0.2) is 54.3 Å². The van der Waals surface area contributed by atoms with Crippen LogP contribution in [0.1, 0.15) is 24.0 Å². The maximum Gasteiger partial charge on any atom is 0.139 e. The van der Waals surface area contributed by atoms with Crippen LogP contribution in [0, 0.1) is 6.92 Å². The number of fused-ring (bicyclic) bond motifs is 1. The molecule has 0 radical (unpaired) electrons. The summed E-state index contributed by atoms with van der Waals surface area (Å²) in [6, 6.07) is 12.9. The number of benzene rings is 1. The second-order valence-corrected chi connectivity index (χ2v) is 8.35. The monoisotopic (exact) mass is 401 g/mol. The molecular formula is C23H23N5S. The van der Waals surface area contributed by atoms with Crippen molar-refractivity contribution >= 4 is 33.2 Å². The Morgan fingerprint density at radius 2 is 1.83 bits per heavy atom. The normalized spacial score (nSPS) is 13.9. The maximum absolute atomic E-state index is 4.65. The van der Waals surface area contributed by atoms with Gasteiger partial charge in [0, 0.05) is 36.8 Å². The topological polar surface area (TPSA) is 53.9 Å². The summed E-state index contributed by atoms with van der Waals surface area (Å²) in [6.45, 7) is 5.02. The third kappa shape index (κ3) is 3.68. The molecule has 1 saturated heterocycles. The van der Waals surface area contributed by atoms with Crippen LogP contribution in [-0.2, 0) is 6.54 Å². The van der Waals surface area contributed by atoms with Gasteiger partial charge in [-0.25, -0.2) is 15.0 Å². The van der Waals surface area contributed by atoms with Gasteiger partial charge in [-0.1, -0.05) is 35.9 Å². The molecule has 0 saturated carbocycles. The highest BCUT2D eigenvalue weighted by molar-refractivity contribution is 7.17. The molecule has 1 aliphatic rings. The van der Waals surface area contributed by atoms with E-state index in [1.807, 2.05) is 6.20 Å². The Hall–Kier alpha value is -2.99. The van der Waals surface area contributed by atoms with Gasteiger partial charge in [0.2, 0.25) is 0 Å². The minimum absolute atomic E-state index is 0.683. The highest BCUT2D eigenvalue weighted by atomic mass is 32.1. The largest absolute Gasteiger partial charge is 0.365 e. The van der Waals surface area contributed by atoms with Gasteiger partial charge in [-0.15, -0.1) is 11.3 Å². The number of thiophene rings is 1. The van der Waals surface area contributed by atoms with Gasteiger partial charge in [-0.2, -0.15) is 0 Å². The van der Waals surface area contributed by atoms with Crippen LogP contribution in [-0.4, -0.2) is 28.0 Å². The lowest BCUT2D eigenvalue weighted by Crippen LogP contribution is -2.18. The van der Waals surface area contributed by atoms with Gasteiger partial charge in [0.25, 0.3) is 0 Å². The van der Waals surface area contributed by atoms with E-state index in [0.717, 1.165) is 40.5 Å². The first-order valence-electron chi connectivity index (χ1n) is 10.0. The average molecular weight is 402 g/mol. The zero-order valence-corrected chi connectivity index (χ0v) is 17.2. The molecule has 146 valence electrons. The maximum atomic E-state index is 4.65. The van der Waals surface area contributed by atoms with Crippen LogP contribution in [0.3, 0.4) is 0 Å². The summed E-state index contributed by atoms with van der Waals surface area (Å²) in [5, 5.41) is 6.76. The zero-order chi connectivity index (χ0) is 19.6. The smallest absolute Gasteiger partial charge is 0.139 e. The summed E-state index contributed by atoms with van der Waals surface area (Å²) >= 11 is 1.66. The van der Waals surface area contributed by atoms with Gasteiger partial charge in [-0.05, 0) is 37.0 Å². The van der Waals surface area contributed by atoms with Crippen LogP contribution >= 0.6 is 11.3 Å². The van der Waals surface area contributed by atoms with Gasteiger partial charge >= 0.3 is 0 Å². The van der Waals surface area contributed by atoms with Crippen molar-refractivity contribution in [3.8, 4) is 11.1 Å². The van der Waals surface area contributed by atoms with Crippen LogP contribution in [0.25, 0.3) is 21.3 Å². The number of nitrogens with zero attached hydrogens (tertiary/aromatic N) is 4. The molecule has 1 fully saturated rings. The van der Waals surface area contributed by atoms with Crippen LogP contribution in [0.2, 0.25) is 0 Å². The van der Waals surface area contributed by atoms with Crippen molar-refractivity contribution in [2.24, 2.45) is 0 Å². The van der Waals surface area contributed by atoms with Gasteiger partial charge in [-0.3, -0.25) is 0 Å². The lowest BCUT2D eigenvalue weighted by Gasteiger charge is -2.16. The third-order valence-corrected chi connectivity index (χ3v) is 6.32. The van der Waals surface area contributed by atoms with Gasteiger partial charge in [0.15, 0.2) is 0 Å². The molecule has 0 unspecified atom stereocenters. The highest BCUT2D eigenvalue weighted by Crippen LogP contribution is 2.36. The third-order valence-electron chi connectivity index (χ3n) is 5.43. The van der Waals surface area contributed by atoms with Crippen LogP contribution in [0.4, 0.5) is 11.6 Å². The molecular weight excluding hydrogens is 378 g/mol. The SMILES string of the molecule is Cc1ccc(-c2csc3ncnc(NCc4ccc(N5CCCC5)nc4)c23)cc1. The molecule has 0 spiro atoms. The Morgan fingerprint density at radius 1 is 1.00 bits per heavy atom. The van der Waals surface area contributed by atoms with Gasteiger partial charge < -0.3 is 10.2 Å². The van der Waals surface area contributed by atoms with E-state index >= 15 is 0 Å². The minimum atomic E-state index is 0.683. The van der Waals surface area contributed by atoms with E-state index < -0.39 is 0 Å². The lowest BCUT2D eigenvalue weighted by atomic mass is 10.0. The summed E-state index contributed by atoms with van der Waals surface area (Å²) in [4.78, 5) is 17.0. The van der Waals surface area contributed by atoms with Crippen LogP contribution < -0.4 is 10.2 Å². The summed E-state index contributed by atoms with van der Waals surface area (Å²) in [5.41, 5.74) is 4.77. The number of rotatable bonds is 5. The Bertz CT molecular complexity index is 1110. The second kappa shape index (κ2) is 7.79. The molecule has 6 heteroatoms. The molecule has 1 aliphatic heterocycles. The number of anilines is 2. The Labute approximate surface area is 174 Å². The standard InChI is InChI=1S/C23H23N5S/c1-16-4-7-18(8-5-16)19-14-29-23-21(19)22(26-15-27-23)25-13-17-6-9-20(24-12-17)28-10-2-3-11-28/h4-9,12,14-15H,2-3,10-11,13H2,1H3,(H,25,26,27). The fourth-order valence-corrected chi connectivity index (χ4v) is 4.71. The van der Waals surface area contributed by atoms with Crippen molar-refractivity contribution in [3.05, 3.63) is 65.4 Å². The Morgan fingerprint density at radius 3 is 2.59 bits per heavy atom. The molecule has 5 nitrogen and oxygen atoms in total. The molecule has 1 N–H and O–H groups in total. The minimum Gasteiger partial charge on any atom is -0.365 e. The molecule has 0 atom stereocenters. The summed E-state index contributed by atoms with van der Waals surface area (Å²) in [5.74, 6) is 1.95. The fourth-order valence-electron chi connectivity index (χ4n) is 3.80. The summed E-state index contributed by atoms with van der Waals surface area (Å²) < 4.78 is 0. The number of aromatic nitrogens is 3. The van der Waals surface area contributed by atoms with Crippen molar-refractivity contribution in [2.45, 2.75) is 26.3 Å². The molecule has 1 aromatic carbocycles. The van der Waals surface area contributed by atoms with Gasteiger partial charge in [0.1, 0.15) is 22.8 Å². The molecule has 3 aromatic heterocycles. The first kappa shape index (κ1) is 18.1. The Balaban J connectivity index is 1.39. The molecule has 0 bridgehead atoms. The number of hydrogen-bond acceptors (Lipinski definition) is 6. The van der Waals surface area contributed by atoms with Crippen molar-refractivity contribution in [2.75, 3.05) is 23.3 Å². The zero-order valence-electron chi connectivity index (χ0n) is 16.4. The first-order valence-corrected chi connectivity index (χ1v) is 10.9.